The molecular formula is C11H16ClN3. The molecule has 1 aromatic heterocycles. The summed E-state index contributed by atoms with van der Waals surface area (Å²) in [5, 5.41) is 0. The fourth-order valence-electron chi connectivity index (χ4n) is 1.68. The highest BCUT2D eigenvalue weighted by molar-refractivity contribution is 6.16. The van der Waals surface area contributed by atoms with Crippen LogP contribution in [0, 0.1) is 0 Å². The molecule has 0 amide bonds. The van der Waals surface area contributed by atoms with E-state index in [2.05, 4.69) is 21.8 Å². The van der Waals surface area contributed by atoms with Gasteiger partial charge in [0.05, 0.1) is 24.0 Å². The molecule has 0 spiro atoms. The fourth-order valence-corrected chi connectivity index (χ4v) is 1.81. The van der Waals surface area contributed by atoms with E-state index < -0.39 is 0 Å². The second-order valence-electron chi connectivity index (χ2n) is 3.92. The molecule has 0 saturated heterocycles. The minimum atomic E-state index is 0.435. The molecule has 0 aliphatic heterocycles. The molecule has 2 rings (SSSR count). The fraction of sp³-hybridized carbons (Fsp3) is 0.636. The van der Waals surface area contributed by atoms with Crippen molar-refractivity contribution in [1.29, 1.82) is 0 Å². The summed E-state index contributed by atoms with van der Waals surface area (Å²) >= 11 is 5.68. The van der Waals surface area contributed by atoms with Crippen LogP contribution in [0.2, 0.25) is 0 Å². The van der Waals surface area contributed by atoms with Crippen molar-refractivity contribution in [3.05, 3.63) is 18.1 Å². The zero-order chi connectivity index (χ0) is 10.7. The van der Waals surface area contributed by atoms with Crippen LogP contribution in [0.5, 0.6) is 0 Å². The van der Waals surface area contributed by atoms with E-state index in [0.717, 1.165) is 24.5 Å². The number of anilines is 1. The van der Waals surface area contributed by atoms with Gasteiger partial charge in [-0.15, -0.1) is 11.6 Å². The van der Waals surface area contributed by atoms with Crippen molar-refractivity contribution in [2.24, 2.45) is 0 Å². The summed E-state index contributed by atoms with van der Waals surface area (Å²) in [7, 11) is 0. The quantitative estimate of drug-likeness (QED) is 0.722. The minimum absolute atomic E-state index is 0.435. The van der Waals surface area contributed by atoms with Crippen molar-refractivity contribution in [2.75, 3.05) is 11.4 Å². The molecule has 3 nitrogen and oxygen atoms in total. The third-order valence-electron chi connectivity index (χ3n) is 2.58. The Morgan fingerprint density at radius 2 is 2.20 bits per heavy atom. The zero-order valence-corrected chi connectivity index (χ0v) is 9.74. The molecule has 4 heteroatoms. The standard InChI is InChI=1S/C11H16ClN3/c1-2-5-15(10-3-4-10)11-8-13-9(6-12)7-14-11/h7-8,10H,2-6H2,1H3. The van der Waals surface area contributed by atoms with E-state index in [4.69, 9.17) is 11.6 Å². The molecule has 1 aliphatic rings. The Morgan fingerprint density at radius 1 is 1.40 bits per heavy atom. The summed E-state index contributed by atoms with van der Waals surface area (Å²) < 4.78 is 0. The van der Waals surface area contributed by atoms with Gasteiger partial charge >= 0.3 is 0 Å². The van der Waals surface area contributed by atoms with E-state index in [1.807, 2.05) is 6.20 Å². The van der Waals surface area contributed by atoms with E-state index >= 15 is 0 Å². The highest BCUT2D eigenvalue weighted by Crippen LogP contribution is 2.30. The van der Waals surface area contributed by atoms with Crippen LogP contribution < -0.4 is 4.90 Å². The first kappa shape index (κ1) is 10.7. The minimum Gasteiger partial charge on any atom is -0.352 e. The lowest BCUT2D eigenvalue weighted by Gasteiger charge is -2.22. The Bertz CT molecular complexity index is 308. The third kappa shape index (κ3) is 2.59. The Labute approximate surface area is 95.5 Å². The number of alkyl halides is 1. The van der Waals surface area contributed by atoms with E-state index in [-0.39, 0.29) is 0 Å². The van der Waals surface area contributed by atoms with Gasteiger partial charge in [-0.1, -0.05) is 6.92 Å². The number of hydrogen-bond donors (Lipinski definition) is 0. The van der Waals surface area contributed by atoms with E-state index in [9.17, 15) is 0 Å². The lowest BCUT2D eigenvalue weighted by atomic mass is 10.4. The maximum Gasteiger partial charge on any atom is 0.147 e. The maximum atomic E-state index is 5.68. The molecule has 0 unspecified atom stereocenters. The summed E-state index contributed by atoms with van der Waals surface area (Å²) in [4.78, 5) is 11.0. The summed E-state index contributed by atoms with van der Waals surface area (Å²) in [6.45, 7) is 3.26. The number of halogens is 1. The lowest BCUT2D eigenvalue weighted by molar-refractivity contribution is 0.746. The first-order valence-corrected chi connectivity index (χ1v) is 6.02. The van der Waals surface area contributed by atoms with Crippen LogP contribution in [0.1, 0.15) is 31.9 Å². The normalized spacial score (nSPS) is 15.3. The van der Waals surface area contributed by atoms with Gasteiger partial charge in [-0.25, -0.2) is 4.98 Å². The molecule has 0 bridgehead atoms. The van der Waals surface area contributed by atoms with Crippen LogP contribution in [-0.4, -0.2) is 22.6 Å². The molecule has 0 aromatic carbocycles. The molecule has 1 saturated carbocycles. The van der Waals surface area contributed by atoms with Crippen LogP contribution in [0.3, 0.4) is 0 Å². The number of nitrogens with zero attached hydrogens (tertiary/aromatic N) is 3. The highest BCUT2D eigenvalue weighted by atomic mass is 35.5. The van der Waals surface area contributed by atoms with Crippen molar-refractivity contribution in [3.63, 3.8) is 0 Å². The second-order valence-corrected chi connectivity index (χ2v) is 4.19. The largest absolute Gasteiger partial charge is 0.352 e. The summed E-state index contributed by atoms with van der Waals surface area (Å²) in [5.74, 6) is 1.43. The zero-order valence-electron chi connectivity index (χ0n) is 8.99. The van der Waals surface area contributed by atoms with Gasteiger partial charge in [-0.3, -0.25) is 4.98 Å². The Balaban J connectivity index is 2.10. The number of aromatic nitrogens is 2. The van der Waals surface area contributed by atoms with Gasteiger partial charge in [0.15, 0.2) is 0 Å². The predicted molar refractivity (Wildman–Crippen MR) is 62.2 cm³/mol. The van der Waals surface area contributed by atoms with Gasteiger partial charge in [0, 0.05) is 12.6 Å². The average molecular weight is 226 g/mol. The van der Waals surface area contributed by atoms with Crippen LogP contribution in [-0.2, 0) is 5.88 Å². The molecule has 1 aliphatic carbocycles. The van der Waals surface area contributed by atoms with Crippen molar-refractivity contribution >= 4 is 17.4 Å². The average Bonchev–Trinajstić information content (AvgIpc) is 3.10. The van der Waals surface area contributed by atoms with Crippen molar-refractivity contribution in [1.82, 2.24) is 9.97 Å². The Kier molecular flexibility index (Phi) is 3.41. The smallest absolute Gasteiger partial charge is 0.147 e. The van der Waals surface area contributed by atoms with Crippen molar-refractivity contribution in [2.45, 2.75) is 38.1 Å². The molecule has 1 fully saturated rings. The molecule has 0 radical (unpaired) electrons. The predicted octanol–water partition coefficient (Wildman–Crippen LogP) is 2.59. The topological polar surface area (TPSA) is 29.0 Å². The van der Waals surface area contributed by atoms with Crippen molar-refractivity contribution < 1.29 is 0 Å². The van der Waals surface area contributed by atoms with E-state index in [0.29, 0.717) is 11.9 Å². The van der Waals surface area contributed by atoms with Gasteiger partial charge < -0.3 is 4.90 Å². The molecule has 1 heterocycles. The molecule has 82 valence electrons. The highest BCUT2D eigenvalue weighted by Gasteiger charge is 2.29. The van der Waals surface area contributed by atoms with E-state index in [1.54, 1.807) is 6.20 Å². The van der Waals surface area contributed by atoms with Gasteiger partial charge in [0.1, 0.15) is 5.82 Å². The van der Waals surface area contributed by atoms with Gasteiger partial charge in [0.25, 0.3) is 0 Å². The molecule has 15 heavy (non-hydrogen) atoms. The van der Waals surface area contributed by atoms with Crippen LogP contribution in [0.4, 0.5) is 5.82 Å². The van der Waals surface area contributed by atoms with Gasteiger partial charge in [-0.05, 0) is 19.3 Å². The van der Waals surface area contributed by atoms with Gasteiger partial charge in [-0.2, -0.15) is 0 Å². The summed E-state index contributed by atoms with van der Waals surface area (Å²) in [5.41, 5.74) is 0.840. The lowest BCUT2D eigenvalue weighted by Crippen LogP contribution is -2.27. The number of hydrogen-bond acceptors (Lipinski definition) is 3. The van der Waals surface area contributed by atoms with E-state index in [1.165, 1.54) is 12.8 Å². The molecule has 0 atom stereocenters. The Hall–Kier alpha value is -0.830. The first-order chi connectivity index (χ1) is 7.35. The first-order valence-electron chi connectivity index (χ1n) is 5.48. The van der Waals surface area contributed by atoms with Crippen LogP contribution in [0.15, 0.2) is 12.4 Å². The second kappa shape index (κ2) is 4.79. The molecule has 1 aromatic rings. The molecule has 0 N–H and O–H groups in total. The summed E-state index contributed by atoms with van der Waals surface area (Å²) in [6.07, 6.45) is 7.34. The summed E-state index contributed by atoms with van der Waals surface area (Å²) in [6, 6.07) is 0.695. The number of rotatable bonds is 5. The third-order valence-corrected chi connectivity index (χ3v) is 2.85. The van der Waals surface area contributed by atoms with Crippen molar-refractivity contribution in [3.8, 4) is 0 Å². The van der Waals surface area contributed by atoms with Gasteiger partial charge in [0.2, 0.25) is 0 Å². The van der Waals surface area contributed by atoms with Crippen LogP contribution in [0.25, 0.3) is 0 Å². The Morgan fingerprint density at radius 3 is 2.67 bits per heavy atom. The SMILES string of the molecule is CCCN(c1cnc(CCl)cn1)C1CC1. The maximum absolute atomic E-state index is 5.68. The van der Waals surface area contributed by atoms with Crippen LogP contribution >= 0.6 is 11.6 Å². The monoisotopic (exact) mass is 225 g/mol. The molecular weight excluding hydrogens is 210 g/mol.